The van der Waals surface area contributed by atoms with Gasteiger partial charge in [-0.2, -0.15) is 0 Å². The van der Waals surface area contributed by atoms with Crippen LogP contribution in [0.5, 0.6) is 0 Å². The van der Waals surface area contributed by atoms with E-state index in [0.717, 1.165) is 50.9 Å². The van der Waals surface area contributed by atoms with Crippen LogP contribution < -0.4 is 11.3 Å². The Kier molecular flexibility index (Phi) is 8.44. The quantitative estimate of drug-likeness (QED) is 0.533. The molecule has 1 aliphatic carbocycles. The number of carbonyl (C=O) groups excluding carboxylic acids is 2. The largest absolute Gasteiger partial charge is 0.387 e. The first kappa shape index (κ1) is 29.5. The summed E-state index contributed by atoms with van der Waals surface area (Å²) < 4.78 is 1.57. The van der Waals surface area contributed by atoms with E-state index in [2.05, 4.69) is 4.90 Å². The summed E-state index contributed by atoms with van der Waals surface area (Å²) in [5.74, 6) is -0.519. The Labute approximate surface area is 243 Å². The highest BCUT2D eigenvalue weighted by molar-refractivity contribution is 6.01. The SMILES string of the molecule is Cc1c(-c2ccccc2)c(C(N)=O)c(C)n(CC2(O)CCN(C(=O)C(C)CN3CCCCC3)CC23CCCC3)c1=O. The van der Waals surface area contributed by atoms with Crippen molar-refractivity contribution in [3.63, 3.8) is 0 Å². The second kappa shape index (κ2) is 11.7. The molecule has 0 radical (unpaired) electrons. The molecule has 3 N–H and O–H groups in total. The predicted octanol–water partition coefficient (Wildman–Crippen LogP) is 3.88. The van der Waals surface area contributed by atoms with Crippen LogP contribution in [-0.4, -0.2) is 69.6 Å². The number of primary amides is 1. The molecule has 222 valence electrons. The molecular weight excluding hydrogens is 516 g/mol. The van der Waals surface area contributed by atoms with E-state index in [1.165, 1.54) is 19.3 Å². The molecule has 3 aliphatic rings. The van der Waals surface area contributed by atoms with Crippen molar-refractivity contribution in [2.45, 2.75) is 84.3 Å². The number of piperidine rings is 2. The third-order valence-corrected chi connectivity index (χ3v) is 10.2. The van der Waals surface area contributed by atoms with Crippen LogP contribution in [0.2, 0.25) is 0 Å². The summed E-state index contributed by atoms with van der Waals surface area (Å²) in [6.45, 7) is 9.46. The number of nitrogens with two attached hydrogens (primary N) is 1. The van der Waals surface area contributed by atoms with Gasteiger partial charge in [0.1, 0.15) is 0 Å². The highest BCUT2D eigenvalue weighted by Gasteiger charge is 2.56. The average Bonchev–Trinajstić information content (AvgIpc) is 3.45. The van der Waals surface area contributed by atoms with E-state index >= 15 is 0 Å². The van der Waals surface area contributed by atoms with E-state index in [1.54, 1.807) is 18.4 Å². The minimum absolute atomic E-state index is 0.0826. The summed E-state index contributed by atoms with van der Waals surface area (Å²) in [5.41, 5.74) is 6.57. The summed E-state index contributed by atoms with van der Waals surface area (Å²) >= 11 is 0. The topological polar surface area (TPSA) is 109 Å². The minimum atomic E-state index is -1.18. The monoisotopic (exact) mass is 562 g/mol. The van der Waals surface area contributed by atoms with Gasteiger partial charge in [0.2, 0.25) is 5.91 Å². The van der Waals surface area contributed by atoms with Gasteiger partial charge in [0.15, 0.2) is 0 Å². The molecular formula is C33H46N4O4. The maximum absolute atomic E-state index is 13.9. The molecule has 3 fully saturated rings. The normalized spacial score (nSPS) is 23.6. The van der Waals surface area contributed by atoms with E-state index in [0.29, 0.717) is 41.9 Å². The smallest absolute Gasteiger partial charge is 0.254 e. The Morgan fingerprint density at radius 3 is 2.27 bits per heavy atom. The Hall–Kier alpha value is -2.97. The van der Waals surface area contributed by atoms with Crippen LogP contribution in [0.3, 0.4) is 0 Å². The zero-order valence-corrected chi connectivity index (χ0v) is 25.0. The molecule has 3 heterocycles. The number of hydrogen-bond donors (Lipinski definition) is 2. The predicted molar refractivity (Wildman–Crippen MR) is 161 cm³/mol. The number of likely N-dealkylation sites (tertiary alicyclic amines) is 2. The fourth-order valence-electron chi connectivity index (χ4n) is 7.89. The molecule has 2 aromatic rings. The molecule has 2 atom stereocenters. The average molecular weight is 563 g/mol. The number of hydrogen-bond acceptors (Lipinski definition) is 5. The molecule has 41 heavy (non-hydrogen) atoms. The molecule has 0 bridgehead atoms. The summed E-state index contributed by atoms with van der Waals surface area (Å²) in [7, 11) is 0. The zero-order chi connectivity index (χ0) is 29.4. The van der Waals surface area contributed by atoms with Gasteiger partial charge in [0, 0.05) is 47.8 Å². The molecule has 1 saturated carbocycles. The van der Waals surface area contributed by atoms with Gasteiger partial charge in [-0.05, 0) is 64.6 Å². The Morgan fingerprint density at radius 2 is 1.63 bits per heavy atom. The van der Waals surface area contributed by atoms with Crippen LogP contribution >= 0.6 is 0 Å². The maximum Gasteiger partial charge on any atom is 0.254 e. The fraction of sp³-hybridized carbons (Fsp3) is 0.606. The molecule has 2 unspecified atom stereocenters. The van der Waals surface area contributed by atoms with E-state index in [4.69, 9.17) is 5.73 Å². The summed E-state index contributed by atoms with van der Waals surface area (Å²) in [6, 6.07) is 9.37. The van der Waals surface area contributed by atoms with Crippen molar-refractivity contribution >= 4 is 11.8 Å². The van der Waals surface area contributed by atoms with Gasteiger partial charge in [-0.25, -0.2) is 0 Å². The number of amides is 2. The lowest BCUT2D eigenvalue weighted by Crippen LogP contribution is -2.63. The fourth-order valence-corrected chi connectivity index (χ4v) is 7.89. The molecule has 2 saturated heterocycles. The summed E-state index contributed by atoms with van der Waals surface area (Å²) in [4.78, 5) is 44.7. The third kappa shape index (κ3) is 5.48. The summed E-state index contributed by atoms with van der Waals surface area (Å²) in [6.07, 6.45) is 7.65. The maximum atomic E-state index is 13.9. The van der Waals surface area contributed by atoms with Crippen LogP contribution in [-0.2, 0) is 11.3 Å². The van der Waals surface area contributed by atoms with Crippen LogP contribution in [0.1, 0.15) is 79.9 Å². The highest BCUT2D eigenvalue weighted by Crippen LogP contribution is 2.52. The van der Waals surface area contributed by atoms with Crippen molar-refractivity contribution in [2.75, 3.05) is 32.7 Å². The lowest BCUT2D eigenvalue weighted by Gasteiger charge is -2.53. The molecule has 1 spiro atoms. The Morgan fingerprint density at radius 1 is 0.976 bits per heavy atom. The van der Waals surface area contributed by atoms with Crippen molar-refractivity contribution in [3.8, 4) is 11.1 Å². The van der Waals surface area contributed by atoms with Crippen LogP contribution in [0.4, 0.5) is 0 Å². The molecule has 1 aromatic carbocycles. The van der Waals surface area contributed by atoms with Crippen LogP contribution in [0, 0.1) is 25.2 Å². The molecule has 8 heteroatoms. The van der Waals surface area contributed by atoms with Gasteiger partial charge in [-0.1, -0.05) is 56.5 Å². The molecule has 2 amide bonds. The van der Waals surface area contributed by atoms with Crippen molar-refractivity contribution in [3.05, 3.63) is 57.5 Å². The Bertz CT molecular complexity index is 1340. The van der Waals surface area contributed by atoms with E-state index in [9.17, 15) is 19.5 Å². The highest BCUT2D eigenvalue weighted by atomic mass is 16.3. The molecule has 2 aliphatic heterocycles. The second-order valence-electron chi connectivity index (χ2n) is 12.9. The van der Waals surface area contributed by atoms with E-state index in [1.807, 2.05) is 42.2 Å². The number of benzene rings is 1. The number of nitrogens with zero attached hydrogens (tertiary/aromatic N) is 3. The number of rotatable bonds is 7. The van der Waals surface area contributed by atoms with E-state index in [-0.39, 0.29) is 23.9 Å². The number of carbonyl (C=O) groups is 2. The molecule has 1 aromatic heterocycles. The van der Waals surface area contributed by atoms with Gasteiger partial charge >= 0.3 is 0 Å². The van der Waals surface area contributed by atoms with Crippen molar-refractivity contribution < 1.29 is 14.7 Å². The standard InChI is InChI=1S/C33H46N4O4/c1-23(20-35-17-10-5-11-18-35)30(39)36-19-16-33(41,32(21-36)14-8-9-15-32)22-37-25(3)28(29(34)38)27(24(2)31(37)40)26-12-6-4-7-13-26/h4,6-7,12-13,23,41H,5,8-11,14-22H2,1-3H3,(H2,34,38). The third-order valence-electron chi connectivity index (χ3n) is 10.2. The summed E-state index contributed by atoms with van der Waals surface area (Å²) in [5, 5.41) is 12.4. The zero-order valence-electron chi connectivity index (χ0n) is 25.0. The van der Waals surface area contributed by atoms with Gasteiger partial charge in [0.25, 0.3) is 11.5 Å². The van der Waals surface area contributed by atoms with Crippen molar-refractivity contribution in [1.82, 2.24) is 14.4 Å². The van der Waals surface area contributed by atoms with E-state index < -0.39 is 16.9 Å². The number of aliphatic hydroxyl groups is 1. The lowest BCUT2D eigenvalue weighted by molar-refractivity contribution is -0.163. The first-order chi connectivity index (χ1) is 19.6. The lowest BCUT2D eigenvalue weighted by atomic mass is 9.65. The number of pyridine rings is 1. The molecule has 5 rings (SSSR count). The van der Waals surface area contributed by atoms with Crippen LogP contribution in [0.15, 0.2) is 35.1 Å². The number of aromatic nitrogens is 1. The first-order valence-electron chi connectivity index (χ1n) is 15.4. The second-order valence-corrected chi connectivity index (χ2v) is 12.9. The van der Waals surface area contributed by atoms with Gasteiger partial charge in [-0.3, -0.25) is 14.4 Å². The van der Waals surface area contributed by atoms with Crippen molar-refractivity contribution in [2.24, 2.45) is 17.1 Å². The minimum Gasteiger partial charge on any atom is -0.387 e. The van der Waals surface area contributed by atoms with Gasteiger partial charge in [-0.15, -0.1) is 0 Å². The van der Waals surface area contributed by atoms with Crippen molar-refractivity contribution in [1.29, 1.82) is 0 Å². The van der Waals surface area contributed by atoms with Crippen LogP contribution in [0.25, 0.3) is 11.1 Å². The molecule has 8 nitrogen and oxygen atoms in total. The van der Waals surface area contributed by atoms with Gasteiger partial charge < -0.3 is 25.2 Å². The Balaban J connectivity index is 1.44. The first-order valence-corrected chi connectivity index (χ1v) is 15.4. The van der Waals surface area contributed by atoms with Gasteiger partial charge in [0.05, 0.1) is 17.7 Å².